The van der Waals surface area contributed by atoms with Gasteiger partial charge in [0.15, 0.2) is 0 Å². The third-order valence-electron chi connectivity index (χ3n) is 5.57. The topological polar surface area (TPSA) is 63.5 Å². The zero-order chi connectivity index (χ0) is 21.3. The first-order valence-electron chi connectivity index (χ1n) is 9.86. The van der Waals surface area contributed by atoms with E-state index in [1.165, 1.54) is 0 Å². The first-order valence-corrected chi connectivity index (χ1v) is 10.2. The van der Waals surface area contributed by atoms with Gasteiger partial charge in [-0.2, -0.15) is 0 Å². The SMILES string of the molecule is CN(C)CCNC(=O)c1cccc(C2=C3C=CC=C4C=C(Cl)C=CC43C[N]C2=O)c1. The molecule has 30 heavy (non-hydrogen) atoms. The van der Waals surface area contributed by atoms with Crippen LogP contribution in [0.3, 0.4) is 0 Å². The van der Waals surface area contributed by atoms with E-state index in [2.05, 4.69) is 10.6 Å². The Balaban J connectivity index is 1.72. The van der Waals surface area contributed by atoms with Gasteiger partial charge in [0.2, 0.25) is 0 Å². The second-order valence-electron chi connectivity index (χ2n) is 7.87. The van der Waals surface area contributed by atoms with Crippen molar-refractivity contribution in [1.29, 1.82) is 0 Å². The third-order valence-corrected chi connectivity index (χ3v) is 5.80. The van der Waals surface area contributed by atoms with Crippen LogP contribution >= 0.6 is 11.6 Å². The van der Waals surface area contributed by atoms with E-state index in [4.69, 9.17) is 11.6 Å². The van der Waals surface area contributed by atoms with Crippen molar-refractivity contribution in [1.82, 2.24) is 15.5 Å². The van der Waals surface area contributed by atoms with Crippen LogP contribution in [-0.4, -0.2) is 50.4 Å². The highest BCUT2D eigenvalue weighted by atomic mass is 35.5. The van der Waals surface area contributed by atoms with Crippen LogP contribution in [0.15, 0.2) is 76.9 Å². The van der Waals surface area contributed by atoms with Crippen molar-refractivity contribution in [3.05, 3.63) is 88.0 Å². The molecule has 1 N–H and O–H groups in total. The van der Waals surface area contributed by atoms with Crippen molar-refractivity contribution < 1.29 is 9.59 Å². The Hall–Kier alpha value is -2.89. The number of benzene rings is 1. The summed E-state index contributed by atoms with van der Waals surface area (Å²) in [5.74, 6) is -0.424. The monoisotopic (exact) mass is 420 g/mol. The second-order valence-corrected chi connectivity index (χ2v) is 8.30. The summed E-state index contributed by atoms with van der Waals surface area (Å²) < 4.78 is 0. The maximum atomic E-state index is 12.9. The smallest absolute Gasteiger partial charge is 0.273 e. The molecule has 5 nitrogen and oxygen atoms in total. The molecule has 0 fully saturated rings. The minimum Gasteiger partial charge on any atom is -0.351 e. The Morgan fingerprint density at radius 1 is 1.30 bits per heavy atom. The van der Waals surface area contributed by atoms with Gasteiger partial charge in [-0.3, -0.25) is 9.59 Å². The second kappa shape index (κ2) is 8.09. The lowest BCUT2D eigenvalue weighted by Crippen LogP contribution is -2.42. The fraction of sp³-hybridized carbons (Fsp3) is 0.250. The molecule has 1 heterocycles. The normalized spacial score (nSPS) is 22.2. The number of hydrogen-bond acceptors (Lipinski definition) is 3. The zero-order valence-electron chi connectivity index (χ0n) is 17.0. The average Bonchev–Trinajstić information content (AvgIpc) is 2.73. The van der Waals surface area contributed by atoms with E-state index in [0.29, 0.717) is 34.8 Å². The largest absolute Gasteiger partial charge is 0.351 e. The van der Waals surface area contributed by atoms with Crippen LogP contribution in [0.1, 0.15) is 15.9 Å². The van der Waals surface area contributed by atoms with Gasteiger partial charge in [-0.25, -0.2) is 5.32 Å². The van der Waals surface area contributed by atoms with Crippen LogP contribution in [0, 0.1) is 5.41 Å². The molecule has 0 saturated carbocycles. The molecule has 1 aromatic carbocycles. The lowest BCUT2D eigenvalue weighted by atomic mass is 9.65. The Morgan fingerprint density at radius 3 is 2.93 bits per heavy atom. The van der Waals surface area contributed by atoms with Gasteiger partial charge in [0.25, 0.3) is 11.8 Å². The van der Waals surface area contributed by atoms with Crippen LogP contribution in [-0.2, 0) is 4.79 Å². The highest BCUT2D eigenvalue weighted by Gasteiger charge is 2.44. The summed E-state index contributed by atoms with van der Waals surface area (Å²) in [5.41, 5.74) is 3.14. The number of carbonyl (C=O) groups is 2. The Labute approximate surface area is 181 Å². The standard InChI is InChI=1S/C24H23ClN3O2/c1-28(2)12-11-26-22(29)17-6-3-5-16(13-17)21-20-8-4-7-18-14-19(25)9-10-24(18,20)15-27-23(21)30/h3-10,13-14H,11-12,15H2,1-2H3,(H,26,29). The van der Waals surface area contributed by atoms with Crippen molar-refractivity contribution in [2.24, 2.45) is 5.41 Å². The number of nitrogens with zero attached hydrogens (tertiary/aromatic N) is 2. The van der Waals surface area contributed by atoms with Crippen molar-refractivity contribution in [3.63, 3.8) is 0 Å². The third kappa shape index (κ3) is 3.66. The summed E-state index contributed by atoms with van der Waals surface area (Å²) in [6.07, 6.45) is 11.7. The molecule has 0 saturated heterocycles. The Bertz CT molecular complexity index is 1060. The van der Waals surface area contributed by atoms with Crippen LogP contribution in [0.25, 0.3) is 5.57 Å². The molecule has 1 aliphatic heterocycles. The first kappa shape index (κ1) is 20.4. The summed E-state index contributed by atoms with van der Waals surface area (Å²) in [4.78, 5) is 27.4. The van der Waals surface area contributed by atoms with E-state index in [0.717, 1.165) is 17.7 Å². The first-order chi connectivity index (χ1) is 14.4. The number of carbonyl (C=O) groups excluding carboxylic acids is 2. The summed E-state index contributed by atoms with van der Waals surface area (Å²) in [6, 6.07) is 7.17. The molecular weight excluding hydrogens is 398 g/mol. The highest BCUT2D eigenvalue weighted by molar-refractivity contribution is 6.31. The molecule has 2 amide bonds. The number of hydrogen-bond donors (Lipinski definition) is 1. The lowest BCUT2D eigenvalue weighted by molar-refractivity contribution is -0.116. The van der Waals surface area contributed by atoms with Crippen molar-refractivity contribution >= 4 is 29.0 Å². The van der Waals surface area contributed by atoms with E-state index in [1.54, 1.807) is 18.2 Å². The molecule has 1 aromatic rings. The molecule has 4 rings (SSSR count). The summed E-state index contributed by atoms with van der Waals surface area (Å²) in [7, 11) is 3.91. The Kier molecular flexibility index (Phi) is 5.50. The van der Waals surface area contributed by atoms with Gasteiger partial charge in [0, 0.05) is 23.7 Å². The van der Waals surface area contributed by atoms with Crippen molar-refractivity contribution in [2.75, 3.05) is 33.7 Å². The molecule has 153 valence electrons. The number of allylic oxidation sites excluding steroid dienone is 6. The predicted octanol–water partition coefficient (Wildman–Crippen LogP) is 3.05. The van der Waals surface area contributed by atoms with Gasteiger partial charge in [-0.1, -0.05) is 48.0 Å². The van der Waals surface area contributed by atoms with Gasteiger partial charge in [-0.15, -0.1) is 0 Å². The highest BCUT2D eigenvalue weighted by Crippen LogP contribution is 2.49. The number of nitrogens with one attached hydrogen (secondary N) is 1. The molecule has 3 aliphatic rings. The molecule has 0 aromatic heterocycles. The van der Waals surface area contributed by atoms with Gasteiger partial charge in [0.1, 0.15) is 0 Å². The van der Waals surface area contributed by atoms with Gasteiger partial charge < -0.3 is 10.2 Å². The quantitative estimate of drug-likeness (QED) is 0.796. The predicted molar refractivity (Wildman–Crippen MR) is 119 cm³/mol. The van der Waals surface area contributed by atoms with Crippen molar-refractivity contribution in [3.8, 4) is 0 Å². The van der Waals surface area contributed by atoms with Crippen LogP contribution < -0.4 is 10.6 Å². The van der Waals surface area contributed by atoms with E-state index >= 15 is 0 Å². The zero-order valence-corrected chi connectivity index (χ0v) is 17.7. The van der Waals surface area contributed by atoms with Crippen LogP contribution in [0.5, 0.6) is 0 Å². The van der Waals surface area contributed by atoms with Gasteiger partial charge in [0.05, 0.1) is 17.5 Å². The Morgan fingerprint density at radius 2 is 2.13 bits per heavy atom. The van der Waals surface area contributed by atoms with Gasteiger partial charge in [-0.05, 0) is 55.1 Å². The van der Waals surface area contributed by atoms with E-state index in [-0.39, 0.29) is 11.8 Å². The van der Waals surface area contributed by atoms with E-state index < -0.39 is 5.41 Å². The van der Waals surface area contributed by atoms with Crippen LogP contribution in [0.4, 0.5) is 0 Å². The molecule has 1 spiro atoms. The maximum absolute atomic E-state index is 12.9. The van der Waals surface area contributed by atoms with Crippen molar-refractivity contribution in [2.45, 2.75) is 0 Å². The molecule has 0 bridgehead atoms. The molecule has 2 aliphatic carbocycles. The minimum absolute atomic E-state index is 0.161. The molecule has 6 heteroatoms. The maximum Gasteiger partial charge on any atom is 0.273 e. The summed E-state index contributed by atoms with van der Waals surface area (Å²) >= 11 is 6.21. The fourth-order valence-corrected chi connectivity index (χ4v) is 4.18. The number of amides is 2. The number of rotatable bonds is 5. The summed E-state index contributed by atoms with van der Waals surface area (Å²) in [6.45, 7) is 1.65. The van der Waals surface area contributed by atoms with Crippen LogP contribution in [0.2, 0.25) is 0 Å². The average molecular weight is 421 g/mol. The molecule has 1 radical (unpaired) electrons. The van der Waals surface area contributed by atoms with E-state index in [1.807, 2.05) is 61.5 Å². The number of halogens is 1. The van der Waals surface area contributed by atoms with E-state index in [9.17, 15) is 9.59 Å². The number of likely N-dealkylation sites (N-methyl/N-ethyl adjacent to an activating group) is 1. The molecular formula is C24H23ClN3O2. The minimum atomic E-state index is -0.500. The lowest BCUT2D eigenvalue weighted by Gasteiger charge is -2.41. The molecule has 1 unspecified atom stereocenters. The van der Waals surface area contributed by atoms with Gasteiger partial charge >= 0.3 is 0 Å². The summed E-state index contributed by atoms with van der Waals surface area (Å²) in [5, 5.41) is 7.88. The molecule has 1 atom stereocenters. The fourth-order valence-electron chi connectivity index (χ4n) is 4.00.